The highest BCUT2D eigenvalue weighted by molar-refractivity contribution is 4.96. The fourth-order valence-corrected chi connectivity index (χ4v) is 4.22. The first kappa shape index (κ1) is 12.4. The van der Waals surface area contributed by atoms with Crippen molar-refractivity contribution in [1.82, 2.24) is 5.32 Å². The van der Waals surface area contributed by atoms with Crippen LogP contribution in [0.3, 0.4) is 0 Å². The predicted octanol–water partition coefficient (Wildman–Crippen LogP) is 3.69. The van der Waals surface area contributed by atoms with Gasteiger partial charge in [0.1, 0.15) is 0 Å². The average Bonchev–Trinajstić information content (AvgIpc) is 2.65. The van der Waals surface area contributed by atoms with Gasteiger partial charge in [-0.3, -0.25) is 0 Å². The van der Waals surface area contributed by atoms with E-state index in [1.165, 1.54) is 32.2 Å². The van der Waals surface area contributed by atoms with Crippen molar-refractivity contribution in [3.05, 3.63) is 0 Å². The summed E-state index contributed by atoms with van der Waals surface area (Å²) in [5.41, 5.74) is 0. The summed E-state index contributed by atoms with van der Waals surface area (Å²) in [7, 11) is 0. The molecule has 0 bridgehead atoms. The largest absolute Gasteiger partial charge is 0.313 e. The summed E-state index contributed by atoms with van der Waals surface area (Å²) in [6.45, 7) is 10.9. The van der Waals surface area contributed by atoms with Crippen LogP contribution in [0.2, 0.25) is 0 Å². The molecule has 2 rings (SSSR count). The van der Waals surface area contributed by atoms with E-state index in [0.29, 0.717) is 0 Å². The van der Waals surface area contributed by atoms with Gasteiger partial charge >= 0.3 is 0 Å². The van der Waals surface area contributed by atoms with Crippen LogP contribution >= 0.6 is 0 Å². The van der Waals surface area contributed by atoms with Gasteiger partial charge in [-0.25, -0.2) is 0 Å². The highest BCUT2D eigenvalue weighted by Gasteiger charge is 2.41. The van der Waals surface area contributed by atoms with Crippen LogP contribution in [0.5, 0.6) is 0 Å². The van der Waals surface area contributed by atoms with E-state index in [1.54, 1.807) is 0 Å². The van der Waals surface area contributed by atoms with Crippen LogP contribution in [0.25, 0.3) is 0 Å². The fourth-order valence-electron chi connectivity index (χ4n) is 4.22. The van der Waals surface area contributed by atoms with Gasteiger partial charge in [0.15, 0.2) is 0 Å². The van der Waals surface area contributed by atoms with Crippen LogP contribution < -0.4 is 5.32 Å². The van der Waals surface area contributed by atoms with Crippen LogP contribution in [-0.2, 0) is 0 Å². The second-order valence-electron chi connectivity index (χ2n) is 6.99. The van der Waals surface area contributed by atoms with E-state index in [-0.39, 0.29) is 0 Å². The summed E-state index contributed by atoms with van der Waals surface area (Å²) in [5.74, 6) is 4.73. The fraction of sp³-hybridized carbons (Fsp3) is 1.00. The SMILES string of the molecule is CC(C)C[C@H](C)C[C@@H]1CN[C@@H]2C[C@H](C)CC12. The van der Waals surface area contributed by atoms with Gasteiger partial charge in [-0.1, -0.05) is 27.7 Å². The molecule has 0 amide bonds. The zero-order valence-corrected chi connectivity index (χ0v) is 11.5. The summed E-state index contributed by atoms with van der Waals surface area (Å²) in [6, 6.07) is 0.867. The van der Waals surface area contributed by atoms with Gasteiger partial charge < -0.3 is 5.32 Å². The number of nitrogens with one attached hydrogen (secondary N) is 1. The smallest absolute Gasteiger partial charge is 0.0101 e. The molecule has 94 valence electrons. The molecule has 0 spiro atoms. The molecule has 1 heteroatoms. The molecule has 1 saturated carbocycles. The Kier molecular flexibility index (Phi) is 3.94. The number of fused-ring (bicyclic) bond motifs is 1. The van der Waals surface area contributed by atoms with E-state index >= 15 is 0 Å². The van der Waals surface area contributed by atoms with Crippen molar-refractivity contribution in [2.45, 2.75) is 59.4 Å². The van der Waals surface area contributed by atoms with E-state index < -0.39 is 0 Å². The summed E-state index contributed by atoms with van der Waals surface area (Å²) < 4.78 is 0. The predicted molar refractivity (Wildman–Crippen MR) is 70.4 cm³/mol. The minimum Gasteiger partial charge on any atom is -0.313 e. The average molecular weight is 223 g/mol. The zero-order valence-electron chi connectivity index (χ0n) is 11.5. The number of hydrogen-bond donors (Lipinski definition) is 1. The maximum absolute atomic E-state index is 3.76. The Bertz CT molecular complexity index is 223. The first-order chi connectivity index (χ1) is 7.56. The normalized spacial score (nSPS) is 40.3. The van der Waals surface area contributed by atoms with Gasteiger partial charge in [-0.05, 0) is 61.8 Å². The Morgan fingerprint density at radius 1 is 1.19 bits per heavy atom. The molecule has 1 aliphatic heterocycles. The molecule has 0 radical (unpaired) electrons. The molecule has 2 fully saturated rings. The van der Waals surface area contributed by atoms with Crippen LogP contribution in [0.1, 0.15) is 53.4 Å². The molecule has 0 aromatic carbocycles. The van der Waals surface area contributed by atoms with Crippen LogP contribution in [-0.4, -0.2) is 12.6 Å². The van der Waals surface area contributed by atoms with Gasteiger partial charge in [0.25, 0.3) is 0 Å². The third kappa shape index (κ3) is 2.80. The van der Waals surface area contributed by atoms with Crippen LogP contribution in [0, 0.1) is 29.6 Å². The molecule has 16 heavy (non-hydrogen) atoms. The van der Waals surface area contributed by atoms with Gasteiger partial charge in [0, 0.05) is 6.04 Å². The standard InChI is InChI=1S/C15H29N/c1-10(2)5-11(3)6-13-9-16-15-8-12(4)7-14(13)15/h10-16H,5-9H2,1-4H3/t11-,12+,13+,14?,15+/m0/s1. The molecule has 1 unspecified atom stereocenters. The van der Waals surface area contributed by atoms with Crippen molar-refractivity contribution in [2.75, 3.05) is 6.54 Å². The third-order valence-corrected chi connectivity index (χ3v) is 4.67. The Hall–Kier alpha value is -0.0400. The van der Waals surface area contributed by atoms with Gasteiger partial charge in [-0.2, -0.15) is 0 Å². The maximum atomic E-state index is 3.76. The molecule has 1 N–H and O–H groups in total. The lowest BCUT2D eigenvalue weighted by Gasteiger charge is -2.22. The van der Waals surface area contributed by atoms with E-state index in [1.807, 2.05) is 0 Å². The molecule has 1 saturated heterocycles. The van der Waals surface area contributed by atoms with Crippen molar-refractivity contribution in [3.63, 3.8) is 0 Å². The molecule has 0 aromatic heterocycles. The first-order valence-corrected chi connectivity index (χ1v) is 7.29. The van der Waals surface area contributed by atoms with Crippen molar-refractivity contribution >= 4 is 0 Å². The molecule has 1 heterocycles. The van der Waals surface area contributed by atoms with Crippen molar-refractivity contribution in [2.24, 2.45) is 29.6 Å². The Balaban J connectivity index is 1.82. The highest BCUT2D eigenvalue weighted by atomic mass is 15.0. The summed E-state index contributed by atoms with van der Waals surface area (Å²) in [5, 5.41) is 3.76. The summed E-state index contributed by atoms with van der Waals surface area (Å²) in [4.78, 5) is 0. The lowest BCUT2D eigenvalue weighted by Crippen LogP contribution is -2.22. The minimum absolute atomic E-state index is 0.864. The third-order valence-electron chi connectivity index (χ3n) is 4.67. The molecule has 2 aliphatic rings. The number of hydrogen-bond acceptors (Lipinski definition) is 1. The monoisotopic (exact) mass is 223 g/mol. The Morgan fingerprint density at radius 2 is 1.94 bits per heavy atom. The lowest BCUT2D eigenvalue weighted by atomic mass is 9.82. The second-order valence-corrected chi connectivity index (χ2v) is 6.99. The van der Waals surface area contributed by atoms with Gasteiger partial charge in [0.05, 0.1) is 0 Å². The first-order valence-electron chi connectivity index (χ1n) is 7.29. The van der Waals surface area contributed by atoms with Crippen LogP contribution in [0.4, 0.5) is 0 Å². The van der Waals surface area contributed by atoms with Crippen molar-refractivity contribution in [3.8, 4) is 0 Å². The van der Waals surface area contributed by atoms with E-state index in [0.717, 1.165) is 35.6 Å². The van der Waals surface area contributed by atoms with E-state index in [9.17, 15) is 0 Å². The van der Waals surface area contributed by atoms with Crippen molar-refractivity contribution < 1.29 is 0 Å². The molecule has 5 atom stereocenters. The quantitative estimate of drug-likeness (QED) is 0.766. The molecule has 0 aromatic rings. The molecular weight excluding hydrogens is 194 g/mol. The zero-order chi connectivity index (χ0) is 11.7. The summed E-state index contributed by atoms with van der Waals surface area (Å²) in [6.07, 6.45) is 5.78. The van der Waals surface area contributed by atoms with E-state index in [2.05, 4.69) is 33.0 Å². The highest BCUT2D eigenvalue weighted by Crippen LogP contribution is 2.42. The summed E-state index contributed by atoms with van der Waals surface area (Å²) >= 11 is 0. The van der Waals surface area contributed by atoms with Gasteiger partial charge in [0.2, 0.25) is 0 Å². The molecule has 1 aliphatic carbocycles. The van der Waals surface area contributed by atoms with Gasteiger partial charge in [-0.15, -0.1) is 0 Å². The number of rotatable bonds is 4. The van der Waals surface area contributed by atoms with Crippen LogP contribution in [0.15, 0.2) is 0 Å². The maximum Gasteiger partial charge on any atom is 0.0101 e. The Labute approximate surface area is 101 Å². The second kappa shape index (κ2) is 5.08. The van der Waals surface area contributed by atoms with Crippen molar-refractivity contribution in [1.29, 1.82) is 0 Å². The molecule has 1 nitrogen and oxygen atoms in total. The van der Waals surface area contributed by atoms with E-state index in [4.69, 9.17) is 0 Å². The minimum atomic E-state index is 0.864. The topological polar surface area (TPSA) is 12.0 Å². The lowest BCUT2D eigenvalue weighted by molar-refractivity contribution is 0.291. The Morgan fingerprint density at radius 3 is 2.62 bits per heavy atom. The molecular formula is C15H29N.